The van der Waals surface area contributed by atoms with Gasteiger partial charge in [0.25, 0.3) is 0 Å². The molecular weight excluding hydrogens is 347 g/mol. The molecule has 0 spiro atoms. The van der Waals surface area contributed by atoms with Gasteiger partial charge in [-0.05, 0) is 72.4 Å². The SMILES string of the molecule is Cc1cc(F)c(Br)cc1S(=O)(=O)NCCC1CCNC1. The van der Waals surface area contributed by atoms with Gasteiger partial charge in [-0.2, -0.15) is 0 Å². The first kappa shape index (κ1) is 15.9. The summed E-state index contributed by atoms with van der Waals surface area (Å²) in [7, 11) is -3.59. The van der Waals surface area contributed by atoms with E-state index in [9.17, 15) is 12.8 Å². The van der Waals surface area contributed by atoms with Crippen molar-refractivity contribution >= 4 is 26.0 Å². The molecule has 2 rings (SSSR count). The lowest BCUT2D eigenvalue weighted by Gasteiger charge is -2.12. The third-order valence-electron chi connectivity index (χ3n) is 3.51. The van der Waals surface area contributed by atoms with Crippen LogP contribution in [0, 0.1) is 18.7 Å². The smallest absolute Gasteiger partial charge is 0.240 e. The van der Waals surface area contributed by atoms with Gasteiger partial charge < -0.3 is 5.32 Å². The molecule has 112 valence electrons. The lowest BCUT2D eigenvalue weighted by Crippen LogP contribution is -2.27. The van der Waals surface area contributed by atoms with E-state index in [1.807, 2.05) is 0 Å². The molecule has 1 fully saturated rings. The van der Waals surface area contributed by atoms with Gasteiger partial charge in [0.05, 0.1) is 9.37 Å². The molecule has 7 heteroatoms. The molecule has 0 amide bonds. The van der Waals surface area contributed by atoms with Gasteiger partial charge in [0.1, 0.15) is 5.82 Å². The van der Waals surface area contributed by atoms with E-state index in [2.05, 4.69) is 26.0 Å². The maximum absolute atomic E-state index is 13.3. The Kier molecular flexibility index (Phi) is 5.17. The zero-order valence-corrected chi connectivity index (χ0v) is 13.7. The van der Waals surface area contributed by atoms with Crippen molar-refractivity contribution in [3.8, 4) is 0 Å². The van der Waals surface area contributed by atoms with Crippen molar-refractivity contribution in [2.45, 2.75) is 24.7 Å². The van der Waals surface area contributed by atoms with Gasteiger partial charge in [0, 0.05) is 6.54 Å². The Morgan fingerprint density at radius 1 is 1.50 bits per heavy atom. The molecule has 20 heavy (non-hydrogen) atoms. The standard InChI is InChI=1S/C13H18BrFN2O2S/c1-9-6-12(15)11(14)7-13(9)20(18,19)17-5-3-10-2-4-16-8-10/h6-7,10,16-17H,2-5,8H2,1H3. The van der Waals surface area contributed by atoms with Crippen LogP contribution in [0.5, 0.6) is 0 Å². The molecular formula is C13H18BrFN2O2S. The van der Waals surface area contributed by atoms with Crippen molar-refractivity contribution in [2.75, 3.05) is 19.6 Å². The Morgan fingerprint density at radius 3 is 2.90 bits per heavy atom. The predicted molar refractivity (Wildman–Crippen MR) is 79.6 cm³/mol. The summed E-state index contributed by atoms with van der Waals surface area (Å²) in [6.45, 7) is 3.94. The maximum Gasteiger partial charge on any atom is 0.240 e. The van der Waals surface area contributed by atoms with Gasteiger partial charge in [0.15, 0.2) is 0 Å². The van der Waals surface area contributed by atoms with Crippen LogP contribution in [0.4, 0.5) is 4.39 Å². The largest absolute Gasteiger partial charge is 0.316 e. The fourth-order valence-electron chi connectivity index (χ4n) is 2.35. The van der Waals surface area contributed by atoms with Crippen LogP contribution in [0.1, 0.15) is 18.4 Å². The summed E-state index contributed by atoms with van der Waals surface area (Å²) in [5.74, 6) is 0.0669. The minimum Gasteiger partial charge on any atom is -0.316 e. The number of hydrogen-bond acceptors (Lipinski definition) is 3. The summed E-state index contributed by atoms with van der Waals surface area (Å²) in [5.41, 5.74) is 0.403. The van der Waals surface area contributed by atoms with E-state index in [1.165, 1.54) is 12.1 Å². The Morgan fingerprint density at radius 2 is 2.25 bits per heavy atom. The van der Waals surface area contributed by atoms with Crippen LogP contribution in [0.15, 0.2) is 21.5 Å². The van der Waals surface area contributed by atoms with Crippen LogP contribution >= 0.6 is 15.9 Å². The number of nitrogens with one attached hydrogen (secondary N) is 2. The van der Waals surface area contributed by atoms with Crippen molar-refractivity contribution in [3.63, 3.8) is 0 Å². The van der Waals surface area contributed by atoms with Gasteiger partial charge in [-0.1, -0.05) is 0 Å². The highest BCUT2D eigenvalue weighted by atomic mass is 79.9. The topological polar surface area (TPSA) is 58.2 Å². The zero-order chi connectivity index (χ0) is 14.8. The van der Waals surface area contributed by atoms with Crippen LogP contribution in [0.3, 0.4) is 0 Å². The van der Waals surface area contributed by atoms with Gasteiger partial charge >= 0.3 is 0 Å². The van der Waals surface area contributed by atoms with Gasteiger partial charge in [-0.25, -0.2) is 17.5 Å². The average molecular weight is 365 g/mol. The second kappa shape index (κ2) is 6.51. The van der Waals surface area contributed by atoms with Crippen molar-refractivity contribution in [2.24, 2.45) is 5.92 Å². The summed E-state index contributed by atoms with van der Waals surface area (Å²) in [6, 6.07) is 2.53. The van der Waals surface area contributed by atoms with Crippen LogP contribution in [0.2, 0.25) is 0 Å². The van der Waals surface area contributed by atoms with E-state index in [-0.39, 0.29) is 9.37 Å². The zero-order valence-electron chi connectivity index (χ0n) is 11.2. The van der Waals surface area contributed by atoms with Crippen molar-refractivity contribution in [3.05, 3.63) is 28.0 Å². The number of rotatable bonds is 5. The van der Waals surface area contributed by atoms with Crippen LogP contribution < -0.4 is 10.0 Å². The Hall–Kier alpha value is -0.500. The summed E-state index contributed by atoms with van der Waals surface area (Å²) < 4.78 is 40.5. The van der Waals surface area contributed by atoms with Crippen molar-refractivity contribution in [1.29, 1.82) is 0 Å². The molecule has 0 saturated carbocycles. The number of aryl methyl sites for hydroxylation is 1. The summed E-state index contributed by atoms with van der Waals surface area (Å²) in [5, 5.41) is 3.25. The molecule has 1 heterocycles. The molecule has 2 N–H and O–H groups in total. The van der Waals surface area contributed by atoms with Crippen molar-refractivity contribution in [1.82, 2.24) is 10.0 Å². The van der Waals surface area contributed by atoms with E-state index in [0.717, 1.165) is 25.9 Å². The van der Waals surface area contributed by atoms with Crippen LogP contribution in [-0.2, 0) is 10.0 Å². The lowest BCUT2D eigenvalue weighted by molar-refractivity contribution is 0.519. The molecule has 1 aliphatic heterocycles. The van der Waals surface area contributed by atoms with Crippen LogP contribution in [0.25, 0.3) is 0 Å². The first-order valence-electron chi connectivity index (χ1n) is 6.56. The number of benzene rings is 1. The summed E-state index contributed by atoms with van der Waals surface area (Å²) >= 11 is 3.02. The van der Waals surface area contributed by atoms with E-state index in [1.54, 1.807) is 6.92 Å². The summed E-state index contributed by atoms with van der Waals surface area (Å²) in [6.07, 6.45) is 1.90. The fourth-order valence-corrected chi connectivity index (χ4v) is 4.15. The number of sulfonamides is 1. The first-order valence-corrected chi connectivity index (χ1v) is 8.84. The molecule has 0 aromatic heterocycles. The Labute approximate surface area is 127 Å². The molecule has 1 saturated heterocycles. The molecule has 0 aliphatic carbocycles. The molecule has 1 unspecified atom stereocenters. The second-order valence-electron chi connectivity index (χ2n) is 5.08. The third kappa shape index (κ3) is 3.78. The highest BCUT2D eigenvalue weighted by Gasteiger charge is 2.20. The Bertz CT molecular complexity index is 586. The van der Waals surface area contributed by atoms with Crippen LogP contribution in [-0.4, -0.2) is 28.1 Å². The van der Waals surface area contributed by atoms with E-state index < -0.39 is 15.8 Å². The quantitative estimate of drug-likeness (QED) is 0.841. The van der Waals surface area contributed by atoms with Crippen molar-refractivity contribution < 1.29 is 12.8 Å². The van der Waals surface area contributed by atoms with Gasteiger partial charge in [0.2, 0.25) is 10.0 Å². The molecule has 1 aromatic rings. The molecule has 4 nitrogen and oxygen atoms in total. The minimum atomic E-state index is -3.59. The monoisotopic (exact) mass is 364 g/mol. The average Bonchev–Trinajstić information content (AvgIpc) is 2.86. The molecule has 1 aliphatic rings. The third-order valence-corrected chi connectivity index (χ3v) is 5.73. The van der Waals surface area contributed by atoms with E-state index in [4.69, 9.17) is 0 Å². The molecule has 0 bridgehead atoms. The minimum absolute atomic E-state index is 0.121. The fraction of sp³-hybridized carbons (Fsp3) is 0.538. The molecule has 1 aromatic carbocycles. The van der Waals surface area contributed by atoms with E-state index in [0.29, 0.717) is 18.0 Å². The van der Waals surface area contributed by atoms with Gasteiger partial charge in [-0.15, -0.1) is 0 Å². The highest BCUT2D eigenvalue weighted by molar-refractivity contribution is 9.10. The number of hydrogen-bond donors (Lipinski definition) is 2. The normalized spacial score (nSPS) is 19.4. The van der Waals surface area contributed by atoms with Gasteiger partial charge in [-0.3, -0.25) is 0 Å². The lowest BCUT2D eigenvalue weighted by atomic mass is 10.1. The predicted octanol–water partition coefficient (Wildman–Crippen LogP) is 2.17. The molecule has 1 atom stereocenters. The second-order valence-corrected chi connectivity index (χ2v) is 7.67. The van der Waals surface area contributed by atoms with E-state index >= 15 is 0 Å². The maximum atomic E-state index is 13.3. The Balaban J connectivity index is 2.04. The summed E-state index contributed by atoms with van der Waals surface area (Å²) in [4.78, 5) is 0.121. The first-order chi connectivity index (χ1) is 9.40. The highest BCUT2D eigenvalue weighted by Crippen LogP contribution is 2.24. The number of halogens is 2. The molecule has 0 radical (unpaired) electrons.